The van der Waals surface area contributed by atoms with Gasteiger partial charge in [-0.15, -0.1) is 0 Å². The summed E-state index contributed by atoms with van der Waals surface area (Å²) in [6, 6.07) is 5.14. The van der Waals surface area contributed by atoms with Crippen LogP contribution >= 0.6 is 0 Å². The lowest BCUT2D eigenvalue weighted by atomic mass is 10.2. The Labute approximate surface area is 116 Å². The number of rotatable bonds is 3. The zero-order valence-electron chi connectivity index (χ0n) is 10.3. The first-order valence-electron chi connectivity index (χ1n) is 5.56. The molecule has 1 aromatic carbocycles. The zero-order valence-corrected chi connectivity index (χ0v) is 10.3. The van der Waals surface area contributed by atoms with Gasteiger partial charge in [-0.25, -0.2) is 9.37 Å². The standard InChI is InChI=1S/C12H8F2N4O3/c13-6-4-7(14)10(18(20)21)5-9(6)17-12(19)8-2-1-3-11(15)16-8/h1-5H,(H2,15,16)(H,17,19). The molecule has 0 saturated carbocycles. The number of hydrogen-bond acceptors (Lipinski definition) is 5. The van der Waals surface area contributed by atoms with Gasteiger partial charge >= 0.3 is 5.69 Å². The average Bonchev–Trinajstić information content (AvgIpc) is 2.41. The summed E-state index contributed by atoms with van der Waals surface area (Å²) in [5.74, 6) is -3.23. The number of carbonyl (C=O) groups excluding carboxylic acids is 1. The number of halogens is 2. The van der Waals surface area contributed by atoms with Crippen molar-refractivity contribution in [2.24, 2.45) is 0 Å². The highest BCUT2D eigenvalue weighted by Gasteiger charge is 2.20. The number of hydrogen-bond donors (Lipinski definition) is 2. The van der Waals surface area contributed by atoms with Crippen molar-refractivity contribution >= 4 is 23.1 Å². The van der Waals surface area contributed by atoms with Crippen LogP contribution in [0.15, 0.2) is 30.3 Å². The lowest BCUT2D eigenvalue weighted by molar-refractivity contribution is -0.387. The lowest BCUT2D eigenvalue weighted by Gasteiger charge is -2.06. The Balaban J connectivity index is 2.33. The number of nitro benzene ring substituents is 1. The summed E-state index contributed by atoms with van der Waals surface area (Å²) in [4.78, 5) is 25.1. The van der Waals surface area contributed by atoms with Gasteiger partial charge in [0, 0.05) is 12.1 Å². The number of nitrogen functional groups attached to an aromatic ring is 1. The maximum atomic E-state index is 13.5. The van der Waals surface area contributed by atoms with E-state index in [2.05, 4.69) is 10.3 Å². The highest BCUT2D eigenvalue weighted by Crippen LogP contribution is 2.25. The zero-order chi connectivity index (χ0) is 15.6. The molecule has 0 spiro atoms. The summed E-state index contributed by atoms with van der Waals surface area (Å²) in [5, 5.41) is 12.7. The molecule has 0 bridgehead atoms. The van der Waals surface area contributed by atoms with Gasteiger partial charge in [0.15, 0.2) is 0 Å². The molecule has 0 fully saturated rings. The van der Waals surface area contributed by atoms with E-state index in [1.165, 1.54) is 18.2 Å². The van der Waals surface area contributed by atoms with Gasteiger partial charge in [0.2, 0.25) is 5.82 Å². The maximum absolute atomic E-state index is 13.5. The second-order valence-corrected chi connectivity index (χ2v) is 3.94. The summed E-state index contributed by atoms with van der Waals surface area (Å²) in [5.41, 5.74) is 3.81. The van der Waals surface area contributed by atoms with E-state index >= 15 is 0 Å². The predicted octanol–water partition coefficient (Wildman–Crippen LogP) is 2.10. The van der Waals surface area contributed by atoms with Gasteiger partial charge in [0.05, 0.1) is 10.6 Å². The van der Waals surface area contributed by atoms with Crippen LogP contribution in [-0.4, -0.2) is 15.8 Å². The molecule has 3 N–H and O–H groups in total. The summed E-state index contributed by atoms with van der Waals surface area (Å²) in [6.07, 6.45) is 0. The van der Waals surface area contributed by atoms with Crippen LogP contribution in [0.5, 0.6) is 0 Å². The van der Waals surface area contributed by atoms with Crippen molar-refractivity contribution < 1.29 is 18.5 Å². The summed E-state index contributed by atoms with van der Waals surface area (Å²) >= 11 is 0. The minimum Gasteiger partial charge on any atom is -0.384 e. The molecule has 9 heteroatoms. The molecule has 0 aliphatic carbocycles. The Hall–Kier alpha value is -3.10. The van der Waals surface area contributed by atoms with Crippen LogP contribution in [0.3, 0.4) is 0 Å². The van der Waals surface area contributed by atoms with Crippen molar-refractivity contribution in [3.63, 3.8) is 0 Å². The maximum Gasteiger partial charge on any atom is 0.307 e. The molecule has 0 aliphatic heterocycles. The highest BCUT2D eigenvalue weighted by molar-refractivity contribution is 6.03. The van der Waals surface area contributed by atoms with E-state index in [9.17, 15) is 23.7 Å². The minimum atomic E-state index is -1.34. The van der Waals surface area contributed by atoms with E-state index in [4.69, 9.17) is 5.73 Å². The SMILES string of the molecule is Nc1cccc(C(=O)Nc2cc([N+](=O)[O-])c(F)cc2F)n1. The van der Waals surface area contributed by atoms with Gasteiger partial charge in [-0.3, -0.25) is 14.9 Å². The number of carbonyl (C=O) groups is 1. The Kier molecular flexibility index (Phi) is 3.74. The van der Waals surface area contributed by atoms with Gasteiger partial charge in [-0.2, -0.15) is 4.39 Å². The average molecular weight is 294 g/mol. The second kappa shape index (κ2) is 5.49. The number of anilines is 2. The normalized spacial score (nSPS) is 10.2. The molecule has 0 unspecified atom stereocenters. The van der Waals surface area contributed by atoms with Crippen molar-refractivity contribution in [3.8, 4) is 0 Å². The summed E-state index contributed by atoms with van der Waals surface area (Å²) in [6.45, 7) is 0. The summed E-state index contributed by atoms with van der Waals surface area (Å²) < 4.78 is 26.7. The number of benzene rings is 1. The van der Waals surface area contributed by atoms with Crippen molar-refractivity contribution in [3.05, 3.63) is 57.8 Å². The first-order chi connectivity index (χ1) is 9.88. The molecule has 0 radical (unpaired) electrons. The first-order valence-corrected chi connectivity index (χ1v) is 5.56. The third-order valence-electron chi connectivity index (χ3n) is 2.48. The molecule has 0 aliphatic rings. The minimum absolute atomic E-state index is 0.0770. The van der Waals surface area contributed by atoms with Crippen molar-refractivity contribution in [1.82, 2.24) is 4.98 Å². The third kappa shape index (κ3) is 3.08. The fourth-order valence-corrected chi connectivity index (χ4v) is 1.54. The van der Waals surface area contributed by atoms with Crippen LogP contribution < -0.4 is 11.1 Å². The van der Waals surface area contributed by atoms with Crippen molar-refractivity contribution in [2.75, 3.05) is 11.1 Å². The number of nitrogens with zero attached hydrogens (tertiary/aromatic N) is 2. The molecular weight excluding hydrogens is 286 g/mol. The highest BCUT2D eigenvalue weighted by atomic mass is 19.1. The quantitative estimate of drug-likeness (QED) is 0.665. The Morgan fingerprint density at radius 2 is 2.00 bits per heavy atom. The Bertz CT molecular complexity index is 736. The van der Waals surface area contributed by atoms with Crippen LogP contribution in [0, 0.1) is 21.7 Å². The molecule has 21 heavy (non-hydrogen) atoms. The van der Waals surface area contributed by atoms with E-state index in [1.54, 1.807) is 0 Å². The van der Waals surface area contributed by atoms with Gasteiger partial charge in [-0.1, -0.05) is 6.07 Å². The van der Waals surface area contributed by atoms with E-state index in [1.807, 2.05) is 0 Å². The molecule has 2 aromatic rings. The molecule has 108 valence electrons. The third-order valence-corrected chi connectivity index (χ3v) is 2.48. The number of pyridine rings is 1. The number of aromatic nitrogens is 1. The predicted molar refractivity (Wildman–Crippen MR) is 69.6 cm³/mol. The van der Waals surface area contributed by atoms with Crippen molar-refractivity contribution in [1.29, 1.82) is 0 Å². The molecule has 2 rings (SSSR count). The van der Waals surface area contributed by atoms with E-state index < -0.39 is 33.8 Å². The fraction of sp³-hybridized carbons (Fsp3) is 0. The number of nitrogens with two attached hydrogens (primary N) is 1. The number of nitro groups is 1. The fourth-order valence-electron chi connectivity index (χ4n) is 1.54. The molecule has 0 atom stereocenters. The summed E-state index contributed by atoms with van der Waals surface area (Å²) in [7, 11) is 0. The van der Waals surface area contributed by atoms with Gasteiger partial charge in [0.1, 0.15) is 17.3 Å². The monoisotopic (exact) mass is 294 g/mol. The van der Waals surface area contributed by atoms with Crippen LogP contribution in [0.2, 0.25) is 0 Å². The number of amides is 1. The topological polar surface area (TPSA) is 111 Å². The van der Waals surface area contributed by atoms with Crippen LogP contribution in [-0.2, 0) is 0 Å². The molecule has 1 heterocycles. The smallest absolute Gasteiger partial charge is 0.307 e. The van der Waals surface area contributed by atoms with Gasteiger partial charge in [-0.05, 0) is 12.1 Å². The van der Waals surface area contributed by atoms with E-state index in [-0.39, 0.29) is 11.5 Å². The molecule has 7 nitrogen and oxygen atoms in total. The van der Waals surface area contributed by atoms with E-state index in [0.717, 1.165) is 0 Å². The second-order valence-electron chi connectivity index (χ2n) is 3.94. The van der Waals surface area contributed by atoms with Crippen LogP contribution in [0.1, 0.15) is 10.5 Å². The van der Waals surface area contributed by atoms with Crippen LogP contribution in [0.4, 0.5) is 26.0 Å². The molecular formula is C12H8F2N4O3. The molecule has 1 amide bonds. The molecule has 1 aromatic heterocycles. The van der Waals surface area contributed by atoms with Gasteiger partial charge in [0.25, 0.3) is 5.91 Å². The number of nitrogens with one attached hydrogen (secondary N) is 1. The van der Waals surface area contributed by atoms with Crippen LogP contribution in [0.25, 0.3) is 0 Å². The van der Waals surface area contributed by atoms with Crippen molar-refractivity contribution in [2.45, 2.75) is 0 Å². The lowest BCUT2D eigenvalue weighted by Crippen LogP contribution is -2.15. The molecule has 0 saturated heterocycles. The first kappa shape index (κ1) is 14.3. The Morgan fingerprint density at radius 3 is 2.62 bits per heavy atom. The Morgan fingerprint density at radius 1 is 1.29 bits per heavy atom. The van der Waals surface area contributed by atoms with E-state index in [0.29, 0.717) is 12.1 Å². The largest absolute Gasteiger partial charge is 0.384 e. The van der Waals surface area contributed by atoms with Gasteiger partial charge < -0.3 is 11.1 Å².